The van der Waals surface area contributed by atoms with Gasteiger partial charge in [0.15, 0.2) is 0 Å². The van der Waals surface area contributed by atoms with Gasteiger partial charge in [-0.3, -0.25) is 9.80 Å². The summed E-state index contributed by atoms with van der Waals surface area (Å²) in [6.45, 7) is 11.0. The average molecular weight is 451 g/mol. The van der Waals surface area contributed by atoms with Crippen LogP contribution in [0.4, 0.5) is 16.6 Å². The molecule has 33 heavy (non-hydrogen) atoms. The Labute approximate surface area is 195 Å². The highest BCUT2D eigenvalue weighted by Gasteiger charge is 2.45. The standard InChI is InChI=1S/C25H34N6O2/c1-17(2)21-15-33-24(32)31(21)22-8-11-26-23(29-22)28-18(3)20-6-4-19(5-7-20)14-30-13-12-27-25(16-30)9-10-25/h4-8,11,17-18,21,27H,9-10,12-16H2,1-3H3,(H,26,28,29). The molecule has 2 saturated heterocycles. The van der Waals surface area contributed by atoms with Crippen molar-refractivity contribution in [1.82, 2.24) is 20.2 Å². The number of nitrogens with one attached hydrogen (secondary N) is 2. The molecule has 1 saturated carbocycles. The Bertz CT molecular complexity index is 991. The molecule has 8 heteroatoms. The lowest BCUT2D eigenvalue weighted by Gasteiger charge is -2.34. The van der Waals surface area contributed by atoms with Gasteiger partial charge in [-0.05, 0) is 42.9 Å². The molecule has 1 amide bonds. The molecule has 2 N–H and O–H groups in total. The first-order valence-electron chi connectivity index (χ1n) is 12.0. The van der Waals surface area contributed by atoms with Crippen LogP contribution in [-0.4, -0.2) is 58.8 Å². The summed E-state index contributed by atoms with van der Waals surface area (Å²) in [6.07, 6.45) is 3.96. The predicted molar refractivity (Wildman–Crippen MR) is 128 cm³/mol. The monoisotopic (exact) mass is 450 g/mol. The van der Waals surface area contributed by atoms with E-state index in [1.807, 2.05) is 0 Å². The summed E-state index contributed by atoms with van der Waals surface area (Å²) in [7, 11) is 0. The quantitative estimate of drug-likeness (QED) is 0.667. The molecule has 3 heterocycles. The van der Waals surface area contributed by atoms with E-state index in [4.69, 9.17) is 4.74 Å². The summed E-state index contributed by atoms with van der Waals surface area (Å²) in [4.78, 5) is 25.5. The number of aromatic nitrogens is 2. The molecule has 1 aliphatic carbocycles. The summed E-state index contributed by atoms with van der Waals surface area (Å²) >= 11 is 0. The second-order valence-corrected chi connectivity index (χ2v) is 10.0. The summed E-state index contributed by atoms with van der Waals surface area (Å²) in [5, 5.41) is 7.06. The van der Waals surface area contributed by atoms with E-state index in [2.05, 4.69) is 70.5 Å². The first-order valence-corrected chi connectivity index (χ1v) is 12.0. The Kier molecular flexibility index (Phi) is 5.97. The third-order valence-electron chi connectivity index (χ3n) is 7.10. The number of hydrogen-bond donors (Lipinski definition) is 2. The van der Waals surface area contributed by atoms with Crippen molar-refractivity contribution in [3.63, 3.8) is 0 Å². The number of hydrogen-bond acceptors (Lipinski definition) is 7. The van der Waals surface area contributed by atoms with Crippen LogP contribution in [0, 0.1) is 5.92 Å². The van der Waals surface area contributed by atoms with E-state index < -0.39 is 0 Å². The molecular weight excluding hydrogens is 416 g/mol. The van der Waals surface area contributed by atoms with Gasteiger partial charge in [0.2, 0.25) is 5.95 Å². The number of rotatable bonds is 7. The number of carbonyl (C=O) groups excluding carboxylic acids is 1. The fourth-order valence-corrected chi connectivity index (χ4v) is 4.85. The van der Waals surface area contributed by atoms with Gasteiger partial charge in [-0.25, -0.2) is 9.78 Å². The maximum atomic E-state index is 12.3. The van der Waals surface area contributed by atoms with Crippen molar-refractivity contribution in [2.75, 3.05) is 36.5 Å². The molecule has 5 rings (SSSR count). The Morgan fingerprint density at radius 2 is 2.00 bits per heavy atom. The van der Waals surface area contributed by atoms with Gasteiger partial charge in [-0.2, -0.15) is 4.98 Å². The fourth-order valence-electron chi connectivity index (χ4n) is 4.85. The number of carbonyl (C=O) groups is 1. The minimum atomic E-state index is -0.348. The molecule has 2 aliphatic heterocycles. The lowest BCUT2D eigenvalue weighted by atomic mass is 10.0. The number of amides is 1. The molecule has 0 bridgehead atoms. The Morgan fingerprint density at radius 3 is 2.73 bits per heavy atom. The highest BCUT2D eigenvalue weighted by Crippen LogP contribution is 2.37. The number of anilines is 2. The summed E-state index contributed by atoms with van der Waals surface area (Å²) in [6, 6.07) is 10.6. The second-order valence-electron chi connectivity index (χ2n) is 10.0. The zero-order chi connectivity index (χ0) is 23.0. The van der Waals surface area contributed by atoms with Gasteiger partial charge >= 0.3 is 6.09 Å². The van der Waals surface area contributed by atoms with E-state index in [0.717, 1.165) is 26.2 Å². The summed E-state index contributed by atoms with van der Waals surface area (Å²) < 4.78 is 5.26. The number of benzene rings is 1. The maximum Gasteiger partial charge on any atom is 0.415 e. The van der Waals surface area contributed by atoms with Crippen LogP contribution in [-0.2, 0) is 11.3 Å². The van der Waals surface area contributed by atoms with Crippen molar-refractivity contribution in [2.45, 2.75) is 57.8 Å². The minimum Gasteiger partial charge on any atom is -0.447 e. The zero-order valence-electron chi connectivity index (χ0n) is 19.8. The van der Waals surface area contributed by atoms with Gasteiger partial charge in [0.1, 0.15) is 12.4 Å². The maximum absolute atomic E-state index is 12.3. The third kappa shape index (κ3) is 4.82. The molecule has 2 aromatic rings. The van der Waals surface area contributed by atoms with Gasteiger partial charge in [0, 0.05) is 37.9 Å². The number of ether oxygens (including phenoxy) is 1. The Balaban J connectivity index is 1.22. The van der Waals surface area contributed by atoms with Crippen molar-refractivity contribution in [3.8, 4) is 0 Å². The van der Waals surface area contributed by atoms with Crippen LogP contribution in [0.1, 0.15) is 50.8 Å². The molecule has 0 radical (unpaired) electrons. The van der Waals surface area contributed by atoms with Crippen LogP contribution in [0.15, 0.2) is 36.5 Å². The molecule has 1 aromatic carbocycles. The van der Waals surface area contributed by atoms with Gasteiger partial charge in [0.25, 0.3) is 0 Å². The molecule has 8 nitrogen and oxygen atoms in total. The minimum absolute atomic E-state index is 0.0179. The van der Waals surface area contributed by atoms with Crippen LogP contribution < -0.4 is 15.5 Å². The van der Waals surface area contributed by atoms with Gasteiger partial charge in [-0.1, -0.05) is 38.1 Å². The molecule has 176 valence electrons. The number of piperazine rings is 1. The van der Waals surface area contributed by atoms with Gasteiger partial charge in [0.05, 0.1) is 12.1 Å². The molecular formula is C25H34N6O2. The van der Waals surface area contributed by atoms with E-state index in [1.54, 1.807) is 17.2 Å². The first kappa shape index (κ1) is 22.1. The third-order valence-corrected chi connectivity index (χ3v) is 7.10. The predicted octanol–water partition coefficient (Wildman–Crippen LogP) is 3.57. The Hall–Kier alpha value is -2.71. The average Bonchev–Trinajstić information content (AvgIpc) is 3.41. The van der Waals surface area contributed by atoms with Crippen LogP contribution in [0.25, 0.3) is 0 Å². The largest absolute Gasteiger partial charge is 0.447 e. The normalized spacial score (nSPS) is 23.1. The highest BCUT2D eigenvalue weighted by molar-refractivity contribution is 5.89. The van der Waals surface area contributed by atoms with E-state index in [-0.39, 0.29) is 24.1 Å². The van der Waals surface area contributed by atoms with E-state index in [0.29, 0.717) is 23.9 Å². The number of cyclic esters (lactones) is 1. The van der Waals surface area contributed by atoms with E-state index in [9.17, 15) is 4.79 Å². The molecule has 3 aliphatic rings. The SMILES string of the molecule is CC(Nc1nccc(N2C(=O)OCC2C(C)C)n1)c1ccc(CN2CCNC3(CC3)C2)cc1. The molecule has 1 aromatic heterocycles. The van der Waals surface area contributed by atoms with Gasteiger partial charge < -0.3 is 15.4 Å². The van der Waals surface area contributed by atoms with Gasteiger partial charge in [-0.15, -0.1) is 0 Å². The second kappa shape index (κ2) is 8.91. The van der Waals surface area contributed by atoms with Crippen molar-refractivity contribution >= 4 is 17.9 Å². The van der Waals surface area contributed by atoms with Crippen LogP contribution in [0.5, 0.6) is 0 Å². The first-order chi connectivity index (χ1) is 15.9. The number of nitrogens with zero attached hydrogens (tertiary/aromatic N) is 4. The highest BCUT2D eigenvalue weighted by atomic mass is 16.6. The Morgan fingerprint density at radius 1 is 1.21 bits per heavy atom. The molecule has 2 atom stereocenters. The lowest BCUT2D eigenvalue weighted by molar-refractivity contribution is 0.177. The molecule has 2 unspecified atom stereocenters. The van der Waals surface area contributed by atoms with Crippen LogP contribution in [0.2, 0.25) is 0 Å². The van der Waals surface area contributed by atoms with E-state index in [1.165, 1.54) is 24.0 Å². The fraction of sp³-hybridized carbons (Fsp3) is 0.560. The van der Waals surface area contributed by atoms with Crippen LogP contribution in [0.3, 0.4) is 0 Å². The summed E-state index contributed by atoms with van der Waals surface area (Å²) in [5.41, 5.74) is 2.92. The zero-order valence-corrected chi connectivity index (χ0v) is 19.8. The lowest BCUT2D eigenvalue weighted by Crippen LogP contribution is -2.51. The van der Waals surface area contributed by atoms with Crippen molar-refractivity contribution in [2.24, 2.45) is 5.92 Å². The van der Waals surface area contributed by atoms with E-state index >= 15 is 0 Å². The summed E-state index contributed by atoms with van der Waals surface area (Å²) in [5.74, 6) is 1.35. The molecule has 3 fully saturated rings. The van der Waals surface area contributed by atoms with Crippen LogP contribution >= 0.6 is 0 Å². The van der Waals surface area contributed by atoms with Crippen molar-refractivity contribution in [3.05, 3.63) is 47.7 Å². The molecule has 1 spiro atoms. The smallest absolute Gasteiger partial charge is 0.415 e. The van der Waals surface area contributed by atoms with Crippen molar-refractivity contribution < 1.29 is 9.53 Å². The van der Waals surface area contributed by atoms with Crippen molar-refractivity contribution in [1.29, 1.82) is 0 Å². The topological polar surface area (TPSA) is 82.6 Å².